The second-order valence-electron chi connectivity index (χ2n) is 5.29. The van der Waals surface area contributed by atoms with Crippen LogP contribution in [0.25, 0.3) is 22.2 Å². The van der Waals surface area contributed by atoms with Crippen molar-refractivity contribution in [3.8, 4) is 17.0 Å². The van der Waals surface area contributed by atoms with Gasteiger partial charge in [-0.2, -0.15) is 0 Å². The number of anilines is 1. The topological polar surface area (TPSA) is 91.4 Å². The van der Waals surface area contributed by atoms with Crippen molar-refractivity contribution >= 4 is 22.7 Å². The monoisotopic (exact) mass is 342 g/mol. The number of benzene rings is 2. The summed E-state index contributed by atoms with van der Waals surface area (Å²) in [6, 6.07) is 10.1. The first-order valence-corrected chi connectivity index (χ1v) is 7.58. The second-order valence-corrected chi connectivity index (χ2v) is 5.29. The van der Waals surface area contributed by atoms with Crippen LogP contribution < -0.4 is 10.7 Å². The molecule has 2 aromatic carbocycles. The molecule has 6 nitrogen and oxygen atoms in total. The Morgan fingerprint density at radius 3 is 2.80 bits per heavy atom. The summed E-state index contributed by atoms with van der Waals surface area (Å²) in [6.07, 6.45) is -0.795. The minimum atomic E-state index is -0.795. The molecule has 0 bridgehead atoms. The lowest BCUT2D eigenvalue weighted by atomic mass is 10.1. The Kier molecular flexibility index (Phi) is 4.38. The number of aromatic amines is 1. The van der Waals surface area contributed by atoms with Crippen molar-refractivity contribution in [1.29, 1.82) is 0 Å². The van der Waals surface area contributed by atoms with Gasteiger partial charge in [0.1, 0.15) is 11.6 Å². The number of hydrogen-bond donors (Lipinski definition) is 3. The molecular formula is C18H15FN2O4. The van der Waals surface area contributed by atoms with Gasteiger partial charge in [-0.05, 0) is 19.1 Å². The molecule has 7 heteroatoms. The lowest BCUT2D eigenvalue weighted by molar-refractivity contribution is 0.168. The smallest absolute Gasteiger partial charge is 0.411 e. The van der Waals surface area contributed by atoms with E-state index >= 15 is 0 Å². The number of para-hydroxylation sites is 1. The summed E-state index contributed by atoms with van der Waals surface area (Å²) in [4.78, 5) is 26.9. The lowest BCUT2D eigenvalue weighted by Crippen LogP contribution is -2.15. The van der Waals surface area contributed by atoms with Crippen molar-refractivity contribution in [2.24, 2.45) is 0 Å². The highest BCUT2D eigenvalue weighted by Crippen LogP contribution is 2.33. The summed E-state index contributed by atoms with van der Waals surface area (Å²) in [6.45, 7) is 1.76. The van der Waals surface area contributed by atoms with Crippen LogP contribution in [0, 0.1) is 5.82 Å². The summed E-state index contributed by atoms with van der Waals surface area (Å²) in [5.41, 5.74) is 0.349. The van der Waals surface area contributed by atoms with Crippen molar-refractivity contribution in [3.05, 3.63) is 58.5 Å². The number of hydrogen-bond acceptors (Lipinski definition) is 4. The minimum absolute atomic E-state index is 0.0121. The molecule has 128 valence electrons. The zero-order valence-corrected chi connectivity index (χ0v) is 13.3. The Hall–Kier alpha value is -3.35. The highest BCUT2D eigenvalue weighted by molar-refractivity contribution is 5.92. The molecular weight excluding hydrogens is 327 g/mol. The molecule has 25 heavy (non-hydrogen) atoms. The van der Waals surface area contributed by atoms with E-state index < -0.39 is 11.9 Å². The first kappa shape index (κ1) is 16.5. The Morgan fingerprint density at radius 2 is 2.04 bits per heavy atom. The first-order valence-electron chi connectivity index (χ1n) is 7.58. The molecule has 0 aliphatic rings. The molecule has 0 aliphatic carbocycles. The normalized spacial score (nSPS) is 10.6. The van der Waals surface area contributed by atoms with Gasteiger partial charge in [0, 0.05) is 29.1 Å². The molecule has 3 aromatic rings. The Bertz CT molecular complexity index is 1010. The summed E-state index contributed by atoms with van der Waals surface area (Å²) in [7, 11) is 0. The molecule has 0 saturated heterocycles. The maximum Gasteiger partial charge on any atom is 0.411 e. The number of carbonyl (C=O) groups excluding carboxylic acids is 1. The van der Waals surface area contributed by atoms with E-state index in [4.69, 9.17) is 4.74 Å². The van der Waals surface area contributed by atoms with E-state index in [0.29, 0.717) is 10.9 Å². The number of phenols is 1. The van der Waals surface area contributed by atoms with E-state index in [1.165, 1.54) is 12.1 Å². The molecule has 3 N–H and O–H groups in total. The number of aromatic nitrogens is 1. The quantitative estimate of drug-likeness (QED) is 0.678. The van der Waals surface area contributed by atoms with Gasteiger partial charge in [0.2, 0.25) is 0 Å². The molecule has 0 unspecified atom stereocenters. The third-order valence-corrected chi connectivity index (χ3v) is 3.59. The van der Waals surface area contributed by atoms with E-state index in [1.807, 2.05) is 0 Å². The average Bonchev–Trinajstić information content (AvgIpc) is 2.54. The SMILES string of the molecule is CCOC(=O)Nc1cc(O)cc(F)c1-c1cc(=O)c2ccccc2[nH]1. The van der Waals surface area contributed by atoms with E-state index in [2.05, 4.69) is 10.3 Å². The van der Waals surface area contributed by atoms with Gasteiger partial charge >= 0.3 is 6.09 Å². The van der Waals surface area contributed by atoms with Crippen molar-refractivity contribution < 1.29 is 19.0 Å². The van der Waals surface area contributed by atoms with Crippen LogP contribution in [0.5, 0.6) is 5.75 Å². The van der Waals surface area contributed by atoms with Gasteiger partial charge in [0.15, 0.2) is 5.43 Å². The number of ether oxygens (including phenoxy) is 1. The van der Waals surface area contributed by atoms with Gasteiger partial charge in [0.25, 0.3) is 0 Å². The second kappa shape index (κ2) is 6.64. The number of rotatable bonds is 3. The summed E-state index contributed by atoms with van der Waals surface area (Å²) in [5.74, 6) is -1.16. The van der Waals surface area contributed by atoms with Gasteiger partial charge in [-0.25, -0.2) is 9.18 Å². The van der Waals surface area contributed by atoms with Crippen molar-refractivity contribution in [3.63, 3.8) is 0 Å². The number of aromatic hydroxyl groups is 1. The largest absolute Gasteiger partial charge is 0.508 e. The van der Waals surface area contributed by atoms with Gasteiger partial charge < -0.3 is 14.8 Å². The number of pyridine rings is 1. The molecule has 0 atom stereocenters. The van der Waals surface area contributed by atoms with Crippen molar-refractivity contribution in [2.75, 3.05) is 11.9 Å². The van der Waals surface area contributed by atoms with Gasteiger partial charge in [-0.15, -0.1) is 0 Å². The van der Waals surface area contributed by atoms with Crippen LogP contribution in [-0.2, 0) is 4.74 Å². The van der Waals surface area contributed by atoms with E-state index in [0.717, 1.165) is 6.07 Å². The number of nitrogens with one attached hydrogen (secondary N) is 2. The first-order chi connectivity index (χ1) is 12.0. The number of phenolic OH excluding ortho intramolecular Hbond substituents is 1. The lowest BCUT2D eigenvalue weighted by Gasteiger charge is -2.13. The number of fused-ring (bicyclic) bond motifs is 1. The standard InChI is InChI=1S/C18H15FN2O4/c1-2-25-18(24)21-14-8-10(22)7-12(19)17(14)15-9-16(23)11-5-3-4-6-13(11)20-15/h3-9,22H,2H2,1H3,(H,20,23)(H,21,24). The van der Waals surface area contributed by atoms with Crippen molar-refractivity contribution in [2.45, 2.75) is 6.92 Å². The Balaban J connectivity index is 2.19. The molecule has 0 radical (unpaired) electrons. The van der Waals surface area contributed by atoms with E-state index in [9.17, 15) is 19.1 Å². The summed E-state index contributed by atoms with van der Waals surface area (Å²) >= 11 is 0. The Labute approximate surface area is 141 Å². The highest BCUT2D eigenvalue weighted by Gasteiger charge is 2.17. The summed E-state index contributed by atoms with van der Waals surface area (Å²) in [5, 5.41) is 12.5. The predicted octanol–water partition coefficient (Wildman–Crippen LogP) is 3.61. The fraction of sp³-hybridized carbons (Fsp3) is 0.111. The number of carbonyl (C=O) groups is 1. The molecule has 0 fully saturated rings. The number of halogens is 1. The molecule has 0 aliphatic heterocycles. The zero-order valence-electron chi connectivity index (χ0n) is 13.3. The molecule has 1 aromatic heterocycles. The Morgan fingerprint density at radius 1 is 1.28 bits per heavy atom. The van der Waals surface area contributed by atoms with E-state index in [1.54, 1.807) is 31.2 Å². The fourth-order valence-electron chi connectivity index (χ4n) is 2.57. The highest BCUT2D eigenvalue weighted by atomic mass is 19.1. The molecule has 3 rings (SSSR count). The van der Waals surface area contributed by atoms with E-state index in [-0.39, 0.29) is 34.7 Å². The predicted molar refractivity (Wildman–Crippen MR) is 92.3 cm³/mol. The van der Waals surface area contributed by atoms with Crippen molar-refractivity contribution in [1.82, 2.24) is 4.98 Å². The zero-order chi connectivity index (χ0) is 18.0. The molecule has 1 heterocycles. The molecule has 0 saturated carbocycles. The van der Waals surface area contributed by atoms with Crippen LogP contribution in [0.3, 0.4) is 0 Å². The van der Waals surface area contributed by atoms with Crippen LogP contribution in [0.1, 0.15) is 6.92 Å². The van der Waals surface area contributed by atoms with Crippen LogP contribution in [0.2, 0.25) is 0 Å². The minimum Gasteiger partial charge on any atom is -0.508 e. The maximum absolute atomic E-state index is 14.5. The van der Waals surface area contributed by atoms with Crippen LogP contribution in [-0.4, -0.2) is 22.8 Å². The number of amides is 1. The van der Waals surface area contributed by atoms with Gasteiger partial charge in [-0.1, -0.05) is 12.1 Å². The number of H-pyrrole nitrogens is 1. The fourth-order valence-corrected chi connectivity index (χ4v) is 2.57. The molecule has 1 amide bonds. The van der Waals surface area contributed by atoms with Crippen LogP contribution in [0.15, 0.2) is 47.3 Å². The maximum atomic E-state index is 14.5. The van der Waals surface area contributed by atoms with Gasteiger partial charge in [0.05, 0.1) is 23.6 Å². The third kappa shape index (κ3) is 3.30. The molecule has 0 spiro atoms. The van der Waals surface area contributed by atoms with Gasteiger partial charge in [-0.3, -0.25) is 10.1 Å². The summed E-state index contributed by atoms with van der Waals surface area (Å²) < 4.78 is 19.3. The third-order valence-electron chi connectivity index (χ3n) is 3.59. The van der Waals surface area contributed by atoms with Crippen LogP contribution in [0.4, 0.5) is 14.9 Å². The average molecular weight is 342 g/mol. The van der Waals surface area contributed by atoms with Crippen LogP contribution >= 0.6 is 0 Å².